The Labute approximate surface area is 148 Å². The molecule has 7 nitrogen and oxygen atoms in total. The Balaban J connectivity index is 1.71. The highest BCUT2D eigenvalue weighted by Crippen LogP contribution is 2.20. The molecule has 2 amide bonds. The van der Waals surface area contributed by atoms with Crippen molar-refractivity contribution >= 4 is 33.7 Å². The molecule has 1 N–H and O–H groups in total. The van der Waals surface area contributed by atoms with Gasteiger partial charge in [-0.05, 0) is 46.3 Å². The third kappa shape index (κ3) is 5.36. The first-order valence-electron chi connectivity index (χ1n) is 7.82. The van der Waals surface area contributed by atoms with Crippen molar-refractivity contribution in [2.75, 3.05) is 26.2 Å². The second kappa shape index (κ2) is 8.32. The van der Waals surface area contributed by atoms with Crippen LogP contribution in [0.2, 0.25) is 0 Å². The second-order valence-corrected chi connectivity index (χ2v) is 6.97. The van der Waals surface area contributed by atoms with E-state index in [4.69, 9.17) is 9.15 Å². The first-order chi connectivity index (χ1) is 11.3. The maximum Gasteiger partial charge on any atom is 0.325 e. The lowest BCUT2D eigenvalue weighted by atomic mass is 9.92. The first kappa shape index (κ1) is 18.5. The van der Waals surface area contributed by atoms with Gasteiger partial charge in [0.25, 0.3) is 11.8 Å². The molecule has 2 atom stereocenters. The van der Waals surface area contributed by atoms with Crippen LogP contribution in [0, 0.1) is 11.8 Å². The summed E-state index contributed by atoms with van der Waals surface area (Å²) < 4.78 is 10.4. The van der Waals surface area contributed by atoms with Crippen molar-refractivity contribution in [1.82, 2.24) is 10.2 Å². The van der Waals surface area contributed by atoms with Crippen LogP contribution >= 0.6 is 15.9 Å². The molecule has 0 aromatic carbocycles. The van der Waals surface area contributed by atoms with Gasteiger partial charge in [-0.25, -0.2) is 0 Å². The third-order valence-electron chi connectivity index (χ3n) is 3.77. The molecule has 132 valence electrons. The van der Waals surface area contributed by atoms with Gasteiger partial charge in [-0.1, -0.05) is 13.8 Å². The standard InChI is InChI=1S/C16H21BrN2O5/c1-10-5-11(2)8-19(7-10)14(20)9-23-15(21)6-18-16(22)12-3-4-13(17)24-12/h3-4,10-11H,5-9H2,1-2H3,(H,18,22)/t10-,11+. The van der Waals surface area contributed by atoms with E-state index in [0.29, 0.717) is 29.6 Å². The first-order valence-corrected chi connectivity index (χ1v) is 8.61. The zero-order valence-electron chi connectivity index (χ0n) is 13.7. The molecule has 0 saturated carbocycles. The molecular formula is C16H21BrN2O5. The van der Waals surface area contributed by atoms with Crippen molar-refractivity contribution in [3.63, 3.8) is 0 Å². The Morgan fingerprint density at radius 3 is 2.54 bits per heavy atom. The number of halogens is 1. The minimum absolute atomic E-state index is 0.0852. The summed E-state index contributed by atoms with van der Waals surface area (Å²) in [6.07, 6.45) is 1.10. The predicted octanol–water partition coefficient (Wildman–Crippen LogP) is 1.82. The molecule has 8 heteroatoms. The number of piperidine rings is 1. The van der Waals surface area contributed by atoms with Gasteiger partial charge in [0.1, 0.15) is 6.54 Å². The van der Waals surface area contributed by atoms with E-state index in [-0.39, 0.29) is 24.8 Å². The van der Waals surface area contributed by atoms with Crippen molar-refractivity contribution < 1.29 is 23.5 Å². The molecule has 24 heavy (non-hydrogen) atoms. The smallest absolute Gasteiger partial charge is 0.325 e. The van der Waals surface area contributed by atoms with E-state index in [1.165, 1.54) is 6.07 Å². The van der Waals surface area contributed by atoms with Crippen LogP contribution in [-0.2, 0) is 14.3 Å². The summed E-state index contributed by atoms with van der Waals surface area (Å²) in [5, 5.41) is 2.38. The molecule has 0 radical (unpaired) electrons. The fourth-order valence-corrected chi connectivity index (χ4v) is 3.13. The van der Waals surface area contributed by atoms with Gasteiger partial charge in [-0.3, -0.25) is 14.4 Å². The Bertz CT molecular complexity index is 605. The van der Waals surface area contributed by atoms with Gasteiger partial charge in [0.15, 0.2) is 17.0 Å². The molecular weight excluding hydrogens is 380 g/mol. The SMILES string of the molecule is C[C@@H]1C[C@H](C)CN(C(=O)COC(=O)CNC(=O)c2ccc(Br)o2)C1. The minimum Gasteiger partial charge on any atom is -0.454 e. The van der Waals surface area contributed by atoms with Gasteiger partial charge >= 0.3 is 5.97 Å². The average Bonchev–Trinajstić information content (AvgIpc) is 2.95. The lowest BCUT2D eigenvalue weighted by Gasteiger charge is -2.34. The predicted molar refractivity (Wildman–Crippen MR) is 89.2 cm³/mol. The fraction of sp³-hybridized carbons (Fsp3) is 0.562. The Morgan fingerprint density at radius 1 is 1.29 bits per heavy atom. The Morgan fingerprint density at radius 2 is 1.96 bits per heavy atom. The summed E-state index contributed by atoms with van der Waals surface area (Å²) in [5.41, 5.74) is 0. The molecule has 0 spiro atoms. The molecule has 1 aromatic heterocycles. The number of rotatable bonds is 5. The molecule has 1 saturated heterocycles. The molecule has 0 bridgehead atoms. The number of esters is 1. The van der Waals surface area contributed by atoms with E-state index in [1.54, 1.807) is 11.0 Å². The number of nitrogens with one attached hydrogen (secondary N) is 1. The number of carbonyl (C=O) groups is 3. The quantitative estimate of drug-likeness (QED) is 0.761. The average molecular weight is 401 g/mol. The van der Waals surface area contributed by atoms with Gasteiger partial charge < -0.3 is 19.4 Å². The van der Waals surface area contributed by atoms with Crippen LogP contribution in [0.3, 0.4) is 0 Å². The Hall–Kier alpha value is -1.83. The Kier molecular flexibility index (Phi) is 6.42. The van der Waals surface area contributed by atoms with Crippen LogP contribution in [0.5, 0.6) is 0 Å². The summed E-state index contributed by atoms with van der Waals surface area (Å²) in [7, 11) is 0. The summed E-state index contributed by atoms with van der Waals surface area (Å²) in [4.78, 5) is 37.2. The van der Waals surface area contributed by atoms with E-state index in [9.17, 15) is 14.4 Å². The van der Waals surface area contributed by atoms with Crippen molar-refractivity contribution in [2.45, 2.75) is 20.3 Å². The van der Waals surface area contributed by atoms with E-state index in [1.807, 2.05) is 0 Å². The zero-order chi connectivity index (χ0) is 17.7. The van der Waals surface area contributed by atoms with E-state index < -0.39 is 11.9 Å². The van der Waals surface area contributed by atoms with Crippen LogP contribution in [0.25, 0.3) is 0 Å². The van der Waals surface area contributed by atoms with Crippen LogP contribution in [0.15, 0.2) is 21.2 Å². The highest BCUT2D eigenvalue weighted by Gasteiger charge is 2.26. The van der Waals surface area contributed by atoms with Gasteiger partial charge in [0, 0.05) is 13.1 Å². The number of nitrogens with zero attached hydrogens (tertiary/aromatic N) is 1. The zero-order valence-corrected chi connectivity index (χ0v) is 15.3. The van der Waals surface area contributed by atoms with Gasteiger partial charge in [-0.2, -0.15) is 0 Å². The topological polar surface area (TPSA) is 88.9 Å². The molecule has 0 aliphatic carbocycles. The minimum atomic E-state index is -0.666. The van der Waals surface area contributed by atoms with E-state index in [2.05, 4.69) is 35.1 Å². The number of hydrogen-bond donors (Lipinski definition) is 1. The van der Waals surface area contributed by atoms with Gasteiger partial charge in [-0.15, -0.1) is 0 Å². The molecule has 2 rings (SSSR count). The number of likely N-dealkylation sites (tertiary alicyclic amines) is 1. The number of hydrogen-bond acceptors (Lipinski definition) is 5. The molecule has 2 heterocycles. The lowest BCUT2D eigenvalue weighted by Crippen LogP contribution is -2.44. The lowest BCUT2D eigenvalue weighted by molar-refractivity contribution is -0.152. The summed E-state index contributed by atoms with van der Waals surface area (Å²) in [6, 6.07) is 3.06. The van der Waals surface area contributed by atoms with Crippen LogP contribution in [-0.4, -0.2) is 48.9 Å². The van der Waals surface area contributed by atoms with Gasteiger partial charge in [0.2, 0.25) is 0 Å². The van der Waals surface area contributed by atoms with Gasteiger partial charge in [0.05, 0.1) is 0 Å². The van der Waals surface area contributed by atoms with Crippen molar-refractivity contribution in [1.29, 1.82) is 0 Å². The maximum absolute atomic E-state index is 12.1. The maximum atomic E-state index is 12.1. The number of carbonyl (C=O) groups excluding carboxylic acids is 3. The fourth-order valence-electron chi connectivity index (χ4n) is 2.83. The highest BCUT2D eigenvalue weighted by molar-refractivity contribution is 9.10. The largest absolute Gasteiger partial charge is 0.454 e. The van der Waals surface area contributed by atoms with E-state index >= 15 is 0 Å². The normalized spacial score (nSPS) is 20.5. The third-order valence-corrected chi connectivity index (χ3v) is 4.19. The van der Waals surface area contributed by atoms with Crippen LogP contribution in [0.1, 0.15) is 30.8 Å². The number of furan rings is 1. The molecule has 1 fully saturated rings. The van der Waals surface area contributed by atoms with E-state index in [0.717, 1.165) is 6.42 Å². The van der Waals surface area contributed by atoms with Crippen molar-refractivity contribution in [3.8, 4) is 0 Å². The molecule has 0 unspecified atom stereocenters. The van der Waals surface area contributed by atoms with Crippen LogP contribution < -0.4 is 5.32 Å². The van der Waals surface area contributed by atoms with Crippen molar-refractivity contribution in [3.05, 3.63) is 22.6 Å². The summed E-state index contributed by atoms with van der Waals surface area (Å²) in [6.45, 7) is 4.95. The monoisotopic (exact) mass is 400 g/mol. The summed E-state index contributed by atoms with van der Waals surface area (Å²) in [5.74, 6) is -0.422. The molecule has 1 aliphatic heterocycles. The number of amides is 2. The highest BCUT2D eigenvalue weighted by atomic mass is 79.9. The summed E-state index contributed by atoms with van der Waals surface area (Å²) >= 11 is 3.09. The number of ether oxygens (including phenoxy) is 1. The van der Waals surface area contributed by atoms with Crippen molar-refractivity contribution in [2.24, 2.45) is 11.8 Å². The molecule has 1 aromatic rings. The molecule has 1 aliphatic rings. The van der Waals surface area contributed by atoms with Crippen LogP contribution in [0.4, 0.5) is 0 Å². The second-order valence-electron chi connectivity index (χ2n) is 6.19.